The van der Waals surface area contributed by atoms with Crippen LogP contribution >= 0.6 is 0 Å². The van der Waals surface area contributed by atoms with Gasteiger partial charge in [-0.25, -0.2) is 0 Å². The third-order valence-electron chi connectivity index (χ3n) is 2.10. The molecule has 0 saturated carbocycles. The topological polar surface area (TPSA) is 52.0 Å². The number of hydrogen-bond acceptors (Lipinski definition) is 2. The Kier molecular flexibility index (Phi) is 2.11. The van der Waals surface area contributed by atoms with E-state index in [0.29, 0.717) is 5.69 Å². The maximum atomic E-state index is 5.85. The van der Waals surface area contributed by atoms with Gasteiger partial charge in [-0.1, -0.05) is 30.3 Å². The molecule has 0 amide bonds. The number of hydrogen-bond donors (Lipinski definition) is 2. The number of rotatable bonds is 1. The molecule has 0 fully saturated rings. The van der Waals surface area contributed by atoms with E-state index in [2.05, 4.69) is 6.07 Å². The van der Waals surface area contributed by atoms with Crippen LogP contribution < -0.4 is 11.5 Å². The zero-order chi connectivity index (χ0) is 9.97. The van der Waals surface area contributed by atoms with Crippen molar-refractivity contribution in [2.24, 2.45) is 0 Å². The van der Waals surface area contributed by atoms with E-state index in [1.165, 1.54) is 0 Å². The molecule has 0 aliphatic heterocycles. The van der Waals surface area contributed by atoms with E-state index in [1.54, 1.807) is 6.07 Å². The predicted octanol–water partition coefficient (Wildman–Crippen LogP) is 2.32. The van der Waals surface area contributed by atoms with E-state index in [0.717, 1.165) is 16.8 Å². The third kappa shape index (κ3) is 1.55. The molecule has 0 unspecified atom stereocenters. The van der Waals surface area contributed by atoms with Gasteiger partial charge in [0.25, 0.3) is 0 Å². The Hall–Kier alpha value is -1.96. The summed E-state index contributed by atoms with van der Waals surface area (Å²) in [5, 5.41) is 0. The largest absolute Gasteiger partial charge is 0.398 e. The van der Waals surface area contributed by atoms with Crippen molar-refractivity contribution < 1.29 is 0 Å². The van der Waals surface area contributed by atoms with Crippen molar-refractivity contribution in [3.63, 3.8) is 0 Å². The summed E-state index contributed by atoms with van der Waals surface area (Å²) < 4.78 is 0. The van der Waals surface area contributed by atoms with E-state index in [-0.39, 0.29) is 0 Å². The van der Waals surface area contributed by atoms with E-state index >= 15 is 0 Å². The maximum Gasteiger partial charge on any atom is 0.0400 e. The lowest BCUT2D eigenvalue weighted by molar-refractivity contribution is 1.60. The number of benzene rings is 2. The molecule has 0 heterocycles. The SMILES string of the molecule is Nc1[c]ccc(-c2ccccc2N)c1. The molecule has 0 atom stereocenters. The van der Waals surface area contributed by atoms with Gasteiger partial charge in [-0.15, -0.1) is 0 Å². The normalized spacial score (nSPS) is 10.0. The quantitative estimate of drug-likeness (QED) is 0.666. The zero-order valence-corrected chi connectivity index (χ0v) is 7.70. The van der Waals surface area contributed by atoms with Crippen molar-refractivity contribution in [3.8, 4) is 11.1 Å². The Morgan fingerprint density at radius 3 is 2.50 bits per heavy atom. The molecule has 2 nitrogen and oxygen atoms in total. The first-order chi connectivity index (χ1) is 6.77. The number of para-hydroxylation sites is 1. The molecule has 14 heavy (non-hydrogen) atoms. The van der Waals surface area contributed by atoms with Gasteiger partial charge in [0.15, 0.2) is 0 Å². The Labute approximate surface area is 83.2 Å². The van der Waals surface area contributed by atoms with Crippen molar-refractivity contribution in [3.05, 3.63) is 48.5 Å². The molecule has 1 radical (unpaired) electrons. The average Bonchev–Trinajstić information content (AvgIpc) is 2.18. The first-order valence-electron chi connectivity index (χ1n) is 4.39. The molecule has 0 spiro atoms. The molecular weight excluding hydrogens is 172 g/mol. The van der Waals surface area contributed by atoms with Gasteiger partial charge >= 0.3 is 0 Å². The van der Waals surface area contributed by atoms with Crippen LogP contribution in [0.2, 0.25) is 0 Å². The summed E-state index contributed by atoms with van der Waals surface area (Å²) in [6, 6.07) is 16.2. The van der Waals surface area contributed by atoms with Gasteiger partial charge in [-0.2, -0.15) is 0 Å². The van der Waals surface area contributed by atoms with Crippen LogP contribution in [0.4, 0.5) is 11.4 Å². The lowest BCUT2D eigenvalue weighted by Crippen LogP contribution is -1.90. The van der Waals surface area contributed by atoms with Gasteiger partial charge in [0, 0.05) is 23.0 Å². The summed E-state index contributed by atoms with van der Waals surface area (Å²) in [6.07, 6.45) is 0. The lowest BCUT2D eigenvalue weighted by Gasteiger charge is -2.05. The standard InChI is InChI=1S/C12H11N2/c13-10-5-3-4-9(8-10)11-6-1-2-7-12(11)14/h1-4,6-8H,13-14H2. The highest BCUT2D eigenvalue weighted by Crippen LogP contribution is 2.26. The molecule has 0 aliphatic rings. The molecule has 0 saturated heterocycles. The van der Waals surface area contributed by atoms with Crippen LogP contribution in [0.15, 0.2) is 42.5 Å². The fourth-order valence-corrected chi connectivity index (χ4v) is 1.41. The molecule has 2 rings (SSSR count). The summed E-state index contributed by atoms with van der Waals surface area (Å²) in [6.45, 7) is 0. The first-order valence-corrected chi connectivity index (χ1v) is 4.39. The van der Waals surface area contributed by atoms with Gasteiger partial charge in [0.05, 0.1) is 0 Å². The van der Waals surface area contributed by atoms with Crippen molar-refractivity contribution in [1.29, 1.82) is 0 Å². The smallest absolute Gasteiger partial charge is 0.0400 e. The van der Waals surface area contributed by atoms with Crippen LogP contribution in [0.5, 0.6) is 0 Å². The van der Waals surface area contributed by atoms with Crippen molar-refractivity contribution in [1.82, 2.24) is 0 Å². The second-order valence-electron chi connectivity index (χ2n) is 3.12. The van der Waals surface area contributed by atoms with E-state index in [9.17, 15) is 0 Å². The average molecular weight is 183 g/mol. The van der Waals surface area contributed by atoms with Gasteiger partial charge in [0.1, 0.15) is 0 Å². The van der Waals surface area contributed by atoms with Gasteiger partial charge < -0.3 is 11.5 Å². The van der Waals surface area contributed by atoms with E-state index < -0.39 is 0 Å². The Morgan fingerprint density at radius 1 is 1.00 bits per heavy atom. The number of nitrogens with two attached hydrogens (primary N) is 2. The third-order valence-corrected chi connectivity index (χ3v) is 2.10. The first kappa shape index (κ1) is 8.63. The summed E-state index contributed by atoms with van der Waals surface area (Å²) in [5.74, 6) is 0. The van der Waals surface area contributed by atoms with Crippen LogP contribution in [-0.2, 0) is 0 Å². The van der Waals surface area contributed by atoms with E-state index in [1.807, 2.05) is 36.4 Å². The molecule has 4 N–H and O–H groups in total. The fourth-order valence-electron chi connectivity index (χ4n) is 1.41. The lowest BCUT2D eigenvalue weighted by atomic mass is 10.0. The van der Waals surface area contributed by atoms with E-state index in [4.69, 9.17) is 11.5 Å². The molecule has 0 aromatic heterocycles. The van der Waals surface area contributed by atoms with Gasteiger partial charge in [-0.3, -0.25) is 0 Å². The predicted molar refractivity (Wildman–Crippen MR) is 59.5 cm³/mol. The Morgan fingerprint density at radius 2 is 1.79 bits per heavy atom. The molecule has 69 valence electrons. The monoisotopic (exact) mass is 183 g/mol. The molecule has 0 bridgehead atoms. The minimum absolute atomic E-state index is 0.630. The Bertz CT molecular complexity index is 450. The van der Waals surface area contributed by atoms with Crippen LogP contribution in [0.3, 0.4) is 0 Å². The molecule has 0 aliphatic carbocycles. The van der Waals surface area contributed by atoms with Crippen LogP contribution in [0.25, 0.3) is 11.1 Å². The van der Waals surface area contributed by atoms with Gasteiger partial charge in [-0.05, 0) is 17.7 Å². The minimum Gasteiger partial charge on any atom is -0.398 e. The molecular formula is C12H11N2. The van der Waals surface area contributed by atoms with Gasteiger partial charge in [0.2, 0.25) is 0 Å². The van der Waals surface area contributed by atoms with Crippen LogP contribution in [0, 0.1) is 6.07 Å². The van der Waals surface area contributed by atoms with Crippen LogP contribution in [0.1, 0.15) is 0 Å². The van der Waals surface area contributed by atoms with Crippen molar-refractivity contribution >= 4 is 11.4 Å². The fraction of sp³-hybridized carbons (Fsp3) is 0. The number of nitrogen functional groups attached to an aromatic ring is 2. The second-order valence-corrected chi connectivity index (χ2v) is 3.12. The Balaban J connectivity index is 2.55. The zero-order valence-electron chi connectivity index (χ0n) is 7.70. The van der Waals surface area contributed by atoms with Crippen molar-refractivity contribution in [2.45, 2.75) is 0 Å². The minimum atomic E-state index is 0.630. The highest BCUT2D eigenvalue weighted by Gasteiger charge is 2.00. The summed E-state index contributed by atoms with van der Waals surface area (Å²) in [5.41, 5.74) is 14.9. The summed E-state index contributed by atoms with van der Waals surface area (Å²) >= 11 is 0. The molecule has 2 aromatic carbocycles. The maximum absolute atomic E-state index is 5.85. The summed E-state index contributed by atoms with van der Waals surface area (Å²) in [7, 11) is 0. The highest BCUT2D eigenvalue weighted by molar-refractivity contribution is 5.77. The highest BCUT2D eigenvalue weighted by atomic mass is 14.6. The summed E-state index contributed by atoms with van der Waals surface area (Å²) in [4.78, 5) is 0. The second kappa shape index (κ2) is 3.42. The number of anilines is 2. The molecule has 2 aromatic rings. The molecule has 2 heteroatoms. The van der Waals surface area contributed by atoms with Crippen molar-refractivity contribution in [2.75, 3.05) is 11.5 Å². The van der Waals surface area contributed by atoms with Crippen LogP contribution in [-0.4, -0.2) is 0 Å².